The molecule has 10 N–H and O–H groups in total. The Morgan fingerprint density at radius 2 is 1.26 bits per heavy atom. The zero-order valence-electron chi connectivity index (χ0n) is 19.3. The van der Waals surface area contributed by atoms with Gasteiger partial charge in [-0.25, -0.2) is 4.79 Å². The molecule has 194 valence electrons. The van der Waals surface area contributed by atoms with Gasteiger partial charge in [0.05, 0.1) is 12.5 Å². The number of hydrogen-bond donors (Lipinski definition) is 8. The molecule has 0 bridgehead atoms. The van der Waals surface area contributed by atoms with E-state index in [-0.39, 0.29) is 12.3 Å². The molecule has 0 aliphatic heterocycles. The summed E-state index contributed by atoms with van der Waals surface area (Å²) in [4.78, 5) is 71.2. The van der Waals surface area contributed by atoms with E-state index in [9.17, 15) is 33.9 Å². The highest BCUT2D eigenvalue weighted by atomic mass is 16.4. The summed E-state index contributed by atoms with van der Waals surface area (Å²) >= 11 is 0. The third-order valence-electron chi connectivity index (χ3n) is 4.87. The van der Waals surface area contributed by atoms with Crippen molar-refractivity contribution < 1.29 is 44.1 Å². The van der Waals surface area contributed by atoms with E-state index in [1.165, 1.54) is 0 Å². The second-order valence-corrected chi connectivity index (χ2v) is 8.11. The fourth-order valence-electron chi connectivity index (χ4n) is 2.79. The van der Waals surface area contributed by atoms with Crippen LogP contribution in [-0.4, -0.2) is 81.7 Å². The zero-order valence-corrected chi connectivity index (χ0v) is 19.3. The topological polar surface area (TPSA) is 251 Å². The lowest BCUT2D eigenvalue weighted by Crippen LogP contribution is -2.58. The van der Waals surface area contributed by atoms with Gasteiger partial charge in [-0.15, -0.1) is 0 Å². The monoisotopic (exact) mass is 489 g/mol. The van der Waals surface area contributed by atoms with Crippen LogP contribution in [0.3, 0.4) is 0 Å². The van der Waals surface area contributed by atoms with Gasteiger partial charge in [0.2, 0.25) is 17.7 Å². The molecule has 3 amide bonds. The Balaban J connectivity index is 5.55. The van der Waals surface area contributed by atoms with Gasteiger partial charge in [-0.05, 0) is 38.1 Å². The number of carboxylic acids is 3. The van der Waals surface area contributed by atoms with Gasteiger partial charge in [-0.3, -0.25) is 24.0 Å². The molecule has 0 aromatic carbocycles. The van der Waals surface area contributed by atoms with Gasteiger partial charge in [0.15, 0.2) is 0 Å². The Morgan fingerprint density at radius 1 is 0.735 bits per heavy atom. The predicted octanol–water partition coefficient (Wildman–Crippen LogP) is -2.02. The molecule has 0 aromatic heterocycles. The first kappa shape index (κ1) is 30.7. The van der Waals surface area contributed by atoms with E-state index < -0.39 is 79.1 Å². The maximum Gasteiger partial charge on any atom is 0.326 e. The number of carbonyl (C=O) groups is 6. The first-order chi connectivity index (χ1) is 15.8. The molecule has 34 heavy (non-hydrogen) atoms. The minimum atomic E-state index is -1.60. The number of unbranched alkanes of at least 4 members (excludes halogenated alkanes) is 1. The number of carbonyl (C=O) groups excluding carboxylic acids is 3. The van der Waals surface area contributed by atoms with E-state index in [1.54, 1.807) is 13.8 Å². The van der Waals surface area contributed by atoms with Crippen LogP contribution in [0.1, 0.15) is 52.4 Å². The van der Waals surface area contributed by atoms with Crippen molar-refractivity contribution in [3.8, 4) is 0 Å². The van der Waals surface area contributed by atoms with Crippen molar-refractivity contribution >= 4 is 35.6 Å². The molecule has 14 nitrogen and oxygen atoms in total. The quantitative estimate of drug-likeness (QED) is 0.103. The van der Waals surface area contributed by atoms with E-state index in [0.29, 0.717) is 19.4 Å². The Hall–Kier alpha value is -3.26. The number of carboxylic acid groups (broad SMARTS) is 3. The van der Waals surface area contributed by atoms with Crippen LogP contribution in [0.25, 0.3) is 0 Å². The predicted molar refractivity (Wildman–Crippen MR) is 118 cm³/mol. The van der Waals surface area contributed by atoms with Crippen LogP contribution >= 0.6 is 0 Å². The van der Waals surface area contributed by atoms with E-state index in [0.717, 1.165) is 0 Å². The van der Waals surface area contributed by atoms with Crippen LogP contribution in [0.4, 0.5) is 0 Å². The molecule has 0 aliphatic carbocycles. The minimum absolute atomic E-state index is 0.0582. The summed E-state index contributed by atoms with van der Waals surface area (Å²) in [5.74, 6) is -7.14. The van der Waals surface area contributed by atoms with Crippen molar-refractivity contribution in [1.82, 2.24) is 16.0 Å². The van der Waals surface area contributed by atoms with Crippen LogP contribution in [0, 0.1) is 5.92 Å². The lowest BCUT2D eigenvalue weighted by atomic mass is 10.0. The Morgan fingerprint density at radius 3 is 1.74 bits per heavy atom. The molecular formula is C20H35N5O9. The molecule has 14 heteroatoms. The van der Waals surface area contributed by atoms with Gasteiger partial charge in [0, 0.05) is 6.42 Å². The number of nitrogens with two attached hydrogens (primary N) is 2. The van der Waals surface area contributed by atoms with Crippen molar-refractivity contribution in [3.05, 3.63) is 0 Å². The van der Waals surface area contributed by atoms with Gasteiger partial charge >= 0.3 is 17.9 Å². The van der Waals surface area contributed by atoms with Crippen molar-refractivity contribution in [2.45, 2.75) is 76.5 Å². The Bertz CT molecular complexity index is 744. The molecule has 0 heterocycles. The van der Waals surface area contributed by atoms with E-state index >= 15 is 0 Å². The van der Waals surface area contributed by atoms with E-state index in [1.807, 2.05) is 0 Å². The number of hydrogen-bond acceptors (Lipinski definition) is 8. The Kier molecular flexibility index (Phi) is 14.1. The number of amides is 3. The molecule has 0 saturated carbocycles. The van der Waals surface area contributed by atoms with Gasteiger partial charge in [-0.2, -0.15) is 0 Å². The smallest absolute Gasteiger partial charge is 0.326 e. The summed E-state index contributed by atoms with van der Waals surface area (Å²) in [7, 11) is 0. The van der Waals surface area contributed by atoms with Gasteiger partial charge in [0.1, 0.15) is 18.1 Å². The molecule has 0 fully saturated rings. The van der Waals surface area contributed by atoms with Crippen LogP contribution in [0.2, 0.25) is 0 Å². The van der Waals surface area contributed by atoms with Crippen molar-refractivity contribution in [2.75, 3.05) is 6.54 Å². The summed E-state index contributed by atoms with van der Waals surface area (Å²) in [6.07, 6.45) is -0.787. The molecule has 0 saturated heterocycles. The Labute approximate surface area is 196 Å². The standard InChI is InChI=1S/C20H35N5O9/c1-10(2)16(22)19(32)25-13(9-15(28)29)18(31)23-11(6-7-14(26)27)17(30)24-12(20(33)34)5-3-4-8-21/h10-13,16H,3-9,21-22H2,1-2H3,(H,23,31)(H,24,30)(H,25,32)(H,26,27)(H,28,29)(H,33,34). The summed E-state index contributed by atoms with van der Waals surface area (Å²) in [5.41, 5.74) is 11.1. The molecule has 0 aromatic rings. The van der Waals surface area contributed by atoms with Gasteiger partial charge in [-0.1, -0.05) is 13.8 Å². The molecule has 4 unspecified atom stereocenters. The molecule has 4 atom stereocenters. The average molecular weight is 490 g/mol. The van der Waals surface area contributed by atoms with Crippen LogP contribution < -0.4 is 27.4 Å². The SMILES string of the molecule is CC(C)C(N)C(=O)NC(CC(=O)O)C(=O)NC(CCC(=O)O)C(=O)NC(CCCCN)C(=O)O. The molecule has 0 spiro atoms. The van der Waals surface area contributed by atoms with Crippen molar-refractivity contribution in [1.29, 1.82) is 0 Å². The normalized spacial score (nSPS) is 14.4. The summed E-state index contributed by atoms with van der Waals surface area (Å²) in [6.45, 7) is 3.62. The van der Waals surface area contributed by atoms with Crippen molar-refractivity contribution in [3.63, 3.8) is 0 Å². The van der Waals surface area contributed by atoms with E-state index in [2.05, 4.69) is 16.0 Å². The zero-order chi connectivity index (χ0) is 26.4. The fraction of sp³-hybridized carbons (Fsp3) is 0.700. The molecule has 0 rings (SSSR count). The minimum Gasteiger partial charge on any atom is -0.481 e. The molecule has 0 radical (unpaired) electrons. The number of rotatable bonds is 17. The molecular weight excluding hydrogens is 454 g/mol. The molecule has 0 aliphatic rings. The number of nitrogens with one attached hydrogen (secondary N) is 3. The number of aliphatic carboxylic acids is 3. The lowest BCUT2D eigenvalue weighted by molar-refractivity contribution is -0.144. The summed E-state index contributed by atoms with van der Waals surface area (Å²) in [5, 5.41) is 34.1. The largest absolute Gasteiger partial charge is 0.481 e. The lowest BCUT2D eigenvalue weighted by Gasteiger charge is -2.25. The maximum absolute atomic E-state index is 12.7. The van der Waals surface area contributed by atoms with Crippen LogP contribution in [-0.2, 0) is 28.8 Å². The van der Waals surface area contributed by atoms with Gasteiger partial charge in [0.25, 0.3) is 0 Å². The van der Waals surface area contributed by atoms with E-state index in [4.69, 9.17) is 21.7 Å². The van der Waals surface area contributed by atoms with Crippen LogP contribution in [0.5, 0.6) is 0 Å². The third kappa shape index (κ3) is 12.1. The first-order valence-electron chi connectivity index (χ1n) is 10.8. The average Bonchev–Trinajstić information content (AvgIpc) is 2.73. The van der Waals surface area contributed by atoms with Crippen LogP contribution in [0.15, 0.2) is 0 Å². The van der Waals surface area contributed by atoms with Gasteiger partial charge < -0.3 is 42.7 Å². The fourth-order valence-corrected chi connectivity index (χ4v) is 2.79. The summed E-state index contributed by atoms with van der Waals surface area (Å²) < 4.78 is 0. The summed E-state index contributed by atoms with van der Waals surface area (Å²) in [6, 6.07) is -5.43. The highest BCUT2D eigenvalue weighted by molar-refractivity contribution is 5.95. The maximum atomic E-state index is 12.7. The first-order valence-corrected chi connectivity index (χ1v) is 10.8. The van der Waals surface area contributed by atoms with Crippen molar-refractivity contribution in [2.24, 2.45) is 17.4 Å². The third-order valence-corrected chi connectivity index (χ3v) is 4.87. The second kappa shape index (κ2) is 15.6. The highest BCUT2D eigenvalue weighted by Gasteiger charge is 2.32. The second-order valence-electron chi connectivity index (χ2n) is 8.11. The highest BCUT2D eigenvalue weighted by Crippen LogP contribution is 2.06.